The van der Waals surface area contributed by atoms with Crippen molar-refractivity contribution < 1.29 is 4.79 Å². The average molecular weight is 224 g/mol. The number of hydrogen-bond donors (Lipinski definition) is 1. The largest absolute Gasteiger partial charge is 0.343 e. The van der Waals surface area contributed by atoms with Crippen LogP contribution >= 0.6 is 0 Å². The van der Waals surface area contributed by atoms with Crippen LogP contribution in [-0.4, -0.2) is 30.4 Å². The number of nitrogens with two attached hydrogens (primary N) is 1. The third kappa shape index (κ3) is 2.24. The molecule has 0 spiro atoms. The van der Waals surface area contributed by atoms with E-state index in [1.807, 2.05) is 4.90 Å². The third-order valence-electron chi connectivity index (χ3n) is 4.38. The van der Waals surface area contributed by atoms with Gasteiger partial charge in [0.25, 0.3) is 0 Å². The maximum absolute atomic E-state index is 12.4. The molecule has 2 aliphatic carbocycles. The summed E-state index contributed by atoms with van der Waals surface area (Å²) in [7, 11) is 0. The van der Waals surface area contributed by atoms with E-state index in [2.05, 4.69) is 6.92 Å². The van der Waals surface area contributed by atoms with Gasteiger partial charge in [0.05, 0.1) is 0 Å². The first kappa shape index (κ1) is 11.9. The number of rotatable bonds is 5. The van der Waals surface area contributed by atoms with Gasteiger partial charge in [-0.1, -0.05) is 6.42 Å². The highest BCUT2D eigenvalue weighted by molar-refractivity contribution is 5.79. The minimum Gasteiger partial charge on any atom is -0.343 e. The molecule has 3 heteroatoms. The Morgan fingerprint density at radius 2 is 2.19 bits per heavy atom. The molecule has 2 aliphatic rings. The van der Waals surface area contributed by atoms with E-state index in [0.717, 1.165) is 31.8 Å². The summed E-state index contributed by atoms with van der Waals surface area (Å²) in [5, 5.41) is 0. The molecule has 0 saturated heterocycles. The van der Waals surface area contributed by atoms with Crippen LogP contribution in [0.3, 0.4) is 0 Å². The van der Waals surface area contributed by atoms with Crippen LogP contribution in [0.25, 0.3) is 0 Å². The maximum atomic E-state index is 12.4. The molecular weight excluding hydrogens is 200 g/mol. The van der Waals surface area contributed by atoms with Crippen molar-refractivity contribution in [1.82, 2.24) is 4.90 Å². The molecule has 1 amide bonds. The van der Waals surface area contributed by atoms with E-state index in [1.165, 1.54) is 19.3 Å². The maximum Gasteiger partial charge on any atom is 0.225 e. The number of amides is 1. The third-order valence-corrected chi connectivity index (χ3v) is 4.38. The smallest absolute Gasteiger partial charge is 0.225 e. The van der Waals surface area contributed by atoms with Crippen molar-refractivity contribution in [2.45, 2.75) is 39.0 Å². The van der Waals surface area contributed by atoms with Gasteiger partial charge < -0.3 is 10.6 Å². The van der Waals surface area contributed by atoms with Crippen LogP contribution in [0.5, 0.6) is 0 Å². The Morgan fingerprint density at radius 3 is 2.69 bits per heavy atom. The van der Waals surface area contributed by atoms with Gasteiger partial charge in [-0.05, 0) is 51.0 Å². The second-order valence-electron chi connectivity index (χ2n) is 5.34. The van der Waals surface area contributed by atoms with E-state index in [9.17, 15) is 4.79 Å². The van der Waals surface area contributed by atoms with Crippen molar-refractivity contribution in [2.75, 3.05) is 19.6 Å². The Morgan fingerprint density at radius 1 is 1.38 bits per heavy atom. The fraction of sp³-hybridized carbons (Fsp3) is 0.923. The lowest BCUT2D eigenvalue weighted by Crippen LogP contribution is -2.39. The molecule has 0 aromatic carbocycles. The standard InChI is InChI=1S/C13H24N2O/c1-2-15(7-3-6-14)13(16)12-9-10-4-5-11(12)8-10/h10-12H,2-9,14H2,1H3. The predicted molar refractivity (Wildman–Crippen MR) is 64.9 cm³/mol. The molecule has 0 heterocycles. The van der Waals surface area contributed by atoms with E-state index in [0.29, 0.717) is 24.3 Å². The number of nitrogens with zero attached hydrogens (tertiary/aromatic N) is 1. The Hall–Kier alpha value is -0.570. The fourth-order valence-corrected chi connectivity index (χ4v) is 3.49. The van der Waals surface area contributed by atoms with Crippen LogP contribution < -0.4 is 5.73 Å². The Balaban J connectivity index is 1.90. The zero-order valence-electron chi connectivity index (χ0n) is 10.3. The van der Waals surface area contributed by atoms with Gasteiger partial charge in [-0.2, -0.15) is 0 Å². The molecule has 2 rings (SSSR count). The molecule has 3 nitrogen and oxygen atoms in total. The SMILES string of the molecule is CCN(CCCN)C(=O)C1CC2CCC1C2. The topological polar surface area (TPSA) is 46.3 Å². The molecule has 0 aliphatic heterocycles. The zero-order chi connectivity index (χ0) is 11.5. The van der Waals surface area contributed by atoms with Crippen molar-refractivity contribution in [3.8, 4) is 0 Å². The molecule has 2 bridgehead atoms. The van der Waals surface area contributed by atoms with Crippen LogP contribution in [0, 0.1) is 17.8 Å². The molecule has 3 unspecified atom stereocenters. The minimum atomic E-state index is 0.344. The predicted octanol–water partition coefficient (Wildman–Crippen LogP) is 1.62. The first-order valence-electron chi connectivity index (χ1n) is 6.75. The lowest BCUT2D eigenvalue weighted by atomic mass is 9.87. The normalized spacial score (nSPS) is 32.0. The summed E-state index contributed by atoms with van der Waals surface area (Å²) in [6.45, 7) is 4.44. The van der Waals surface area contributed by atoms with Crippen LogP contribution in [-0.2, 0) is 4.79 Å². The highest BCUT2D eigenvalue weighted by Gasteiger charge is 2.44. The molecule has 16 heavy (non-hydrogen) atoms. The first-order chi connectivity index (χ1) is 7.76. The summed E-state index contributed by atoms with van der Waals surface area (Å²) < 4.78 is 0. The average Bonchev–Trinajstić information content (AvgIpc) is 2.91. The van der Waals surface area contributed by atoms with E-state index in [4.69, 9.17) is 5.73 Å². The molecule has 2 saturated carbocycles. The molecule has 0 radical (unpaired) electrons. The van der Waals surface area contributed by atoms with E-state index in [1.54, 1.807) is 0 Å². The molecule has 92 valence electrons. The van der Waals surface area contributed by atoms with Crippen molar-refractivity contribution >= 4 is 5.91 Å². The minimum absolute atomic E-state index is 0.344. The summed E-state index contributed by atoms with van der Waals surface area (Å²) >= 11 is 0. The Bertz CT molecular complexity index is 254. The van der Waals surface area contributed by atoms with E-state index >= 15 is 0 Å². The number of fused-ring (bicyclic) bond motifs is 2. The van der Waals surface area contributed by atoms with Crippen molar-refractivity contribution in [3.05, 3.63) is 0 Å². The van der Waals surface area contributed by atoms with Crippen LogP contribution in [0.2, 0.25) is 0 Å². The van der Waals surface area contributed by atoms with Gasteiger partial charge in [-0.3, -0.25) is 4.79 Å². The van der Waals surface area contributed by atoms with Gasteiger partial charge >= 0.3 is 0 Å². The van der Waals surface area contributed by atoms with Crippen LogP contribution in [0.4, 0.5) is 0 Å². The van der Waals surface area contributed by atoms with Gasteiger partial charge in [-0.25, -0.2) is 0 Å². The first-order valence-corrected chi connectivity index (χ1v) is 6.75. The van der Waals surface area contributed by atoms with Gasteiger partial charge in [0.15, 0.2) is 0 Å². The zero-order valence-corrected chi connectivity index (χ0v) is 10.3. The highest BCUT2D eigenvalue weighted by Crippen LogP contribution is 2.48. The van der Waals surface area contributed by atoms with Crippen molar-refractivity contribution in [3.63, 3.8) is 0 Å². The fourth-order valence-electron chi connectivity index (χ4n) is 3.49. The lowest BCUT2D eigenvalue weighted by Gasteiger charge is -2.28. The molecular formula is C13H24N2O. The van der Waals surface area contributed by atoms with Gasteiger partial charge in [-0.15, -0.1) is 0 Å². The summed E-state index contributed by atoms with van der Waals surface area (Å²) in [5.41, 5.74) is 5.51. The van der Waals surface area contributed by atoms with Gasteiger partial charge in [0.2, 0.25) is 5.91 Å². The second kappa shape index (κ2) is 5.17. The monoisotopic (exact) mass is 224 g/mol. The van der Waals surface area contributed by atoms with Crippen molar-refractivity contribution in [1.29, 1.82) is 0 Å². The Labute approximate surface area is 98.4 Å². The Kier molecular flexibility index (Phi) is 3.85. The second-order valence-corrected chi connectivity index (χ2v) is 5.34. The highest BCUT2D eigenvalue weighted by atomic mass is 16.2. The molecule has 2 fully saturated rings. The molecule has 0 aromatic rings. The number of carbonyl (C=O) groups excluding carboxylic acids is 1. The molecule has 3 atom stereocenters. The van der Waals surface area contributed by atoms with Crippen LogP contribution in [0.1, 0.15) is 39.0 Å². The summed E-state index contributed by atoms with van der Waals surface area (Å²) in [6, 6.07) is 0. The lowest BCUT2D eigenvalue weighted by molar-refractivity contribution is -0.137. The van der Waals surface area contributed by atoms with E-state index < -0.39 is 0 Å². The van der Waals surface area contributed by atoms with Crippen LogP contribution in [0.15, 0.2) is 0 Å². The van der Waals surface area contributed by atoms with E-state index in [-0.39, 0.29) is 0 Å². The summed E-state index contributed by atoms with van der Waals surface area (Å²) in [4.78, 5) is 14.4. The quantitative estimate of drug-likeness (QED) is 0.771. The van der Waals surface area contributed by atoms with Crippen molar-refractivity contribution in [2.24, 2.45) is 23.5 Å². The number of hydrogen-bond acceptors (Lipinski definition) is 2. The number of carbonyl (C=O) groups is 1. The molecule has 2 N–H and O–H groups in total. The summed E-state index contributed by atoms with van der Waals surface area (Å²) in [5.74, 6) is 2.30. The molecule has 0 aromatic heterocycles. The summed E-state index contributed by atoms with van der Waals surface area (Å²) in [6.07, 6.45) is 6.05. The van der Waals surface area contributed by atoms with Gasteiger partial charge in [0, 0.05) is 19.0 Å². The van der Waals surface area contributed by atoms with Gasteiger partial charge in [0.1, 0.15) is 0 Å².